The Kier molecular flexibility index (Phi) is 7.49. The first-order valence-corrected chi connectivity index (χ1v) is 17.2. The van der Waals surface area contributed by atoms with E-state index in [1.165, 1.54) is 0 Å². The molecular formula is C35H34N2O4S2. The number of aryl methyl sites for hydroxylation is 2. The zero-order chi connectivity index (χ0) is 30.4. The van der Waals surface area contributed by atoms with Crippen LogP contribution in [0.3, 0.4) is 0 Å². The van der Waals surface area contributed by atoms with Gasteiger partial charge < -0.3 is 0 Å². The van der Waals surface area contributed by atoms with Gasteiger partial charge in [-0.05, 0) is 55.7 Å². The van der Waals surface area contributed by atoms with Crippen LogP contribution in [0, 0.1) is 25.2 Å². The lowest BCUT2D eigenvalue weighted by molar-refractivity contribution is 0.0243. The fraction of sp³-hybridized carbons (Fsp3) is 0.229. The lowest BCUT2D eigenvalue weighted by atomic mass is 9.43. The van der Waals surface area contributed by atoms with Crippen LogP contribution in [0.1, 0.15) is 40.6 Å². The first-order valence-electron chi connectivity index (χ1n) is 14.3. The Labute approximate surface area is 254 Å². The summed E-state index contributed by atoms with van der Waals surface area (Å²) in [6, 6.07) is 32.2. The predicted octanol–water partition coefficient (Wildman–Crippen LogP) is 6.86. The van der Waals surface area contributed by atoms with Crippen molar-refractivity contribution in [1.29, 1.82) is 0 Å². The van der Waals surface area contributed by atoms with Gasteiger partial charge in [-0.1, -0.05) is 102 Å². The highest BCUT2D eigenvalue weighted by atomic mass is 32.2. The number of fused-ring (bicyclic) bond motifs is 2. The van der Waals surface area contributed by atoms with E-state index >= 15 is 0 Å². The number of hydrogen-bond acceptors (Lipinski definition) is 4. The van der Waals surface area contributed by atoms with E-state index in [0.717, 1.165) is 22.3 Å². The number of allylic oxidation sites excluding steroid dienone is 1. The molecule has 1 saturated carbocycles. The zero-order valence-corrected chi connectivity index (χ0v) is 25.8. The summed E-state index contributed by atoms with van der Waals surface area (Å²) >= 11 is 0. The molecule has 0 amide bonds. The van der Waals surface area contributed by atoms with Crippen molar-refractivity contribution in [3.05, 3.63) is 144 Å². The van der Waals surface area contributed by atoms with Crippen molar-refractivity contribution in [2.45, 2.75) is 42.0 Å². The first-order chi connectivity index (χ1) is 20.6. The number of piperidine rings is 2. The van der Waals surface area contributed by atoms with Gasteiger partial charge in [0.25, 0.3) is 10.0 Å². The van der Waals surface area contributed by atoms with Crippen LogP contribution in [0.25, 0.3) is 0 Å². The second-order valence-electron chi connectivity index (χ2n) is 11.5. The second-order valence-corrected chi connectivity index (χ2v) is 15.0. The smallest absolute Gasteiger partial charge is 0.207 e. The molecule has 0 spiro atoms. The van der Waals surface area contributed by atoms with Crippen LogP contribution in [0.5, 0.6) is 0 Å². The molecule has 1 aliphatic carbocycles. The second kappa shape index (κ2) is 11.0. The van der Waals surface area contributed by atoms with Crippen LogP contribution in [-0.2, 0) is 20.0 Å². The molecule has 4 aromatic carbocycles. The van der Waals surface area contributed by atoms with Crippen LogP contribution < -0.4 is 0 Å². The highest BCUT2D eigenvalue weighted by Gasteiger charge is 2.70. The van der Waals surface area contributed by atoms with Gasteiger partial charge in [-0.25, -0.2) is 8.42 Å². The van der Waals surface area contributed by atoms with Crippen molar-refractivity contribution in [1.82, 2.24) is 4.31 Å². The Hall–Kier alpha value is -3.85. The molecule has 8 heteroatoms. The summed E-state index contributed by atoms with van der Waals surface area (Å²) in [7, 11) is -8.04. The van der Waals surface area contributed by atoms with E-state index in [-0.39, 0.29) is 22.3 Å². The minimum Gasteiger partial charge on any atom is -0.207 e. The molecule has 6 rings (SSSR count). The van der Waals surface area contributed by atoms with E-state index in [9.17, 15) is 16.8 Å². The summed E-state index contributed by atoms with van der Waals surface area (Å²) in [5.74, 6) is -0.615. The summed E-state index contributed by atoms with van der Waals surface area (Å²) in [6.45, 7) is 7.97. The number of sulfonamides is 2. The summed E-state index contributed by atoms with van der Waals surface area (Å²) in [5.41, 5.74) is 3.23. The van der Waals surface area contributed by atoms with Crippen molar-refractivity contribution in [3.8, 4) is 0 Å². The normalized spacial score (nSPS) is 24.8. The summed E-state index contributed by atoms with van der Waals surface area (Å²) in [4.78, 5) is 0.317. The minimum atomic E-state index is -4.07. The number of rotatable bonds is 8. The van der Waals surface area contributed by atoms with Crippen LogP contribution >= 0.6 is 0 Å². The van der Waals surface area contributed by atoms with Gasteiger partial charge in [0.15, 0.2) is 0 Å². The molecule has 2 fully saturated rings. The SMILES string of the molecule is C=CCC12C(=NS(=O)(=O)c3ccc(C)cc3)C(CN(S(=O)(=O)c3ccc(C)cc3)[C@H]1c1ccccc1)C2c1ccccc1. The molecule has 1 saturated heterocycles. The molecule has 43 heavy (non-hydrogen) atoms. The van der Waals surface area contributed by atoms with Crippen LogP contribution in [0.15, 0.2) is 136 Å². The van der Waals surface area contributed by atoms with Crippen LogP contribution in [0.2, 0.25) is 0 Å². The van der Waals surface area contributed by atoms with Gasteiger partial charge in [0.2, 0.25) is 10.0 Å². The first kappa shape index (κ1) is 29.2. The maximum Gasteiger partial charge on any atom is 0.282 e. The number of hydrogen-bond donors (Lipinski definition) is 0. The van der Waals surface area contributed by atoms with Crippen LogP contribution in [0.4, 0.5) is 0 Å². The van der Waals surface area contributed by atoms with E-state index in [1.54, 1.807) is 58.9 Å². The maximum absolute atomic E-state index is 14.4. The highest BCUT2D eigenvalue weighted by molar-refractivity contribution is 7.90. The lowest BCUT2D eigenvalue weighted by Crippen LogP contribution is -2.70. The van der Waals surface area contributed by atoms with E-state index in [2.05, 4.69) is 11.0 Å². The van der Waals surface area contributed by atoms with Crippen molar-refractivity contribution in [2.24, 2.45) is 15.7 Å². The molecule has 3 unspecified atom stereocenters. The summed E-state index contributed by atoms with van der Waals surface area (Å²) in [5, 5.41) is 0. The minimum absolute atomic E-state index is 0.0937. The Morgan fingerprint density at radius 3 is 1.81 bits per heavy atom. The van der Waals surface area contributed by atoms with Gasteiger partial charge in [-0.2, -0.15) is 17.1 Å². The van der Waals surface area contributed by atoms with Crippen molar-refractivity contribution < 1.29 is 16.8 Å². The van der Waals surface area contributed by atoms with Gasteiger partial charge >= 0.3 is 0 Å². The third-order valence-electron chi connectivity index (χ3n) is 8.86. The average molecular weight is 611 g/mol. The molecule has 4 aromatic rings. The standard InChI is InChI=1S/C35H34N2O4S2/c1-4-23-35-32(27-11-7-5-8-12-27)31(33(35)36-42(38,39)29-19-15-25(2)16-20-29)24-37(34(35)28-13-9-6-10-14-28)43(40,41)30-21-17-26(3)18-22-30/h4-22,31-32,34H,1,23-24H2,2-3H3/t31?,32?,34-,35?/m0/s1. The quantitative estimate of drug-likeness (QED) is 0.204. The predicted molar refractivity (Wildman–Crippen MR) is 170 cm³/mol. The average Bonchev–Trinajstić information content (AvgIpc) is 3.01. The number of benzene rings is 4. The molecular weight excluding hydrogens is 577 g/mol. The van der Waals surface area contributed by atoms with E-state index in [0.29, 0.717) is 12.1 Å². The number of nitrogens with zero attached hydrogens (tertiary/aromatic N) is 2. The topological polar surface area (TPSA) is 83.9 Å². The van der Waals surface area contributed by atoms with E-state index < -0.39 is 37.4 Å². The Balaban J connectivity index is 1.61. The molecule has 220 valence electrons. The van der Waals surface area contributed by atoms with Crippen molar-refractivity contribution in [3.63, 3.8) is 0 Å². The van der Waals surface area contributed by atoms with Gasteiger partial charge in [-0.3, -0.25) is 0 Å². The third kappa shape index (κ3) is 4.87. The van der Waals surface area contributed by atoms with Gasteiger partial charge in [0.1, 0.15) is 0 Å². The summed E-state index contributed by atoms with van der Waals surface area (Å²) < 4.78 is 62.6. The fourth-order valence-electron chi connectivity index (χ4n) is 6.98. The van der Waals surface area contributed by atoms with E-state index in [1.807, 2.05) is 74.5 Å². The zero-order valence-electron chi connectivity index (χ0n) is 24.2. The van der Waals surface area contributed by atoms with Crippen LogP contribution in [-0.4, -0.2) is 33.4 Å². The molecule has 1 heterocycles. The molecule has 2 aliphatic rings. The molecule has 1 aliphatic heterocycles. The molecule has 0 N–H and O–H groups in total. The molecule has 4 atom stereocenters. The maximum atomic E-state index is 14.4. The highest BCUT2D eigenvalue weighted by Crippen LogP contribution is 2.68. The molecule has 6 nitrogen and oxygen atoms in total. The van der Waals surface area contributed by atoms with Gasteiger partial charge in [0.05, 0.1) is 15.8 Å². The lowest BCUT2D eigenvalue weighted by Gasteiger charge is -2.66. The molecule has 0 radical (unpaired) electrons. The Morgan fingerprint density at radius 1 is 0.767 bits per heavy atom. The molecule has 2 bridgehead atoms. The van der Waals surface area contributed by atoms with Crippen molar-refractivity contribution >= 4 is 25.8 Å². The van der Waals surface area contributed by atoms with Crippen molar-refractivity contribution in [2.75, 3.05) is 6.54 Å². The Morgan fingerprint density at radius 2 is 1.28 bits per heavy atom. The fourth-order valence-corrected chi connectivity index (χ4v) is 9.83. The van der Waals surface area contributed by atoms with Gasteiger partial charge in [0, 0.05) is 29.5 Å². The largest absolute Gasteiger partial charge is 0.282 e. The van der Waals surface area contributed by atoms with Gasteiger partial charge in [-0.15, -0.1) is 6.58 Å². The molecule has 0 aromatic heterocycles. The monoisotopic (exact) mass is 610 g/mol. The summed E-state index contributed by atoms with van der Waals surface area (Å²) in [6.07, 6.45) is 2.10. The Bertz CT molecular complexity index is 1890. The van der Waals surface area contributed by atoms with E-state index in [4.69, 9.17) is 0 Å². The third-order valence-corrected chi connectivity index (χ3v) is 12.0.